The Kier molecular flexibility index (Phi) is 6.13. The molecule has 3 aromatic rings. The number of anilines is 3. The molecule has 10 heteroatoms. The second-order valence-electron chi connectivity index (χ2n) is 10.8. The Morgan fingerprint density at radius 1 is 1.17 bits per heavy atom. The van der Waals surface area contributed by atoms with Crippen LogP contribution < -0.4 is 15.0 Å². The minimum absolute atomic E-state index is 0.163. The fraction of sp³-hybridized carbons (Fsp3) is 0.538. The molecule has 2 aliphatic heterocycles. The highest BCUT2D eigenvalue weighted by Gasteiger charge is 2.46. The zero-order valence-corrected chi connectivity index (χ0v) is 21.8. The molecule has 36 heavy (non-hydrogen) atoms. The van der Waals surface area contributed by atoms with Crippen molar-refractivity contribution in [2.24, 2.45) is 0 Å². The normalized spacial score (nSPS) is 21.5. The number of H-pyrrole nitrogens is 1. The van der Waals surface area contributed by atoms with Gasteiger partial charge in [0.15, 0.2) is 5.82 Å². The summed E-state index contributed by atoms with van der Waals surface area (Å²) in [4.78, 5) is 26.8. The van der Waals surface area contributed by atoms with Gasteiger partial charge in [0.05, 0.1) is 12.6 Å². The summed E-state index contributed by atoms with van der Waals surface area (Å²) in [6.45, 7) is 7.69. The molecule has 3 atom stereocenters. The number of nitrogens with zero attached hydrogens (tertiary/aromatic N) is 5. The number of aromatic amines is 1. The largest absolute Gasteiger partial charge is 0.497 e. The van der Waals surface area contributed by atoms with E-state index in [0.29, 0.717) is 17.6 Å². The number of carbonyl (C=O) groups is 1. The lowest BCUT2D eigenvalue weighted by Gasteiger charge is -2.42. The van der Waals surface area contributed by atoms with E-state index in [-0.39, 0.29) is 24.2 Å². The molecule has 0 radical (unpaired) electrons. The van der Waals surface area contributed by atoms with E-state index in [0.717, 1.165) is 48.0 Å². The Morgan fingerprint density at radius 2 is 1.89 bits per heavy atom. The van der Waals surface area contributed by atoms with Crippen LogP contribution in [-0.4, -0.2) is 69.0 Å². The summed E-state index contributed by atoms with van der Waals surface area (Å²) in [5.41, 5.74) is 1.25. The first kappa shape index (κ1) is 24.1. The lowest BCUT2D eigenvalue weighted by molar-refractivity contribution is 0.00596. The van der Waals surface area contributed by atoms with Crippen molar-refractivity contribution in [3.8, 4) is 5.75 Å². The number of aryl methyl sites for hydroxylation is 1. The summed E-state index contributed by atoms with van der Waals surface area (Å²) in [6, 6.07) is 8.26. The van der Waals surface area contributed by atoms with Crippen LogP contribution in [0, 0.1) is 6.92 Å². The number of aromatic nitrogens is 4. The van der Waals surface area contributed by atoms with Gasteiger partial charge in [-0.05, 0) is 65.5 Å². The van der Waals surface area contributed by atoms with Crippen LogP contribution in [0.2, 0.25) is 0 Å². The van der Waals surface area contributed by atoms with Gasteiger partial charge in [-0.25, -0.2) is 9.78 Å². The first-order chi connectivity index (χ1) is 17.1. The third kappa shape index (κ3) is 4.76. The van der Waals surface area contributed by atoms with Crippen molar-refractivity contribution in [3.63, 3.8) is 0 Å². The number of amides is 1. The number of rotatable bonds is 5. The molecule has 1 amide bonds. The molecule has 2 bridgehead atoms. The van der Waals surface area contributed by atoms with Gasteiger partial charge in [0, 0.05) is 48.4 Å². The zero-order valence-electron chi connectivity index (χ0n) is 21.8. The molecule has 0 spiro atoms. The fourth-order valence-electron chi connectivity index (χ4n) is 5.32. The summed E-state index contributed by atoms with van der Waals surface area (Å²) >= 11 is 0. The number of carbonyl (C=O) groups excluding carboxylic acids is 1. The van der Waals surface area contributed by atoms with Crippen molar-refractivity contribution >= 4 is 34.6 Å². The van der Waals surface area contributed by atoms with Crippen molar-refractivity contribution in [1.29, 1.82) is 0 Å². The van der Waals surface area contributed by atoms with E-state index < -0.39 is 5.60 Å². The molecule has 0 aliphatic carbocycles. The highest BCUT2D eigenvalue weighted by atomic mass is 16.6. The number of hydrogen-bond donors (Lipinski definition) is 2. The SMILES string of the molecule is COc1ccc2c(Nc3cc(C)[nH]n3)nc(N(C)C3C[C@H]4CC[C@@H](C3)N4C(=O)OC(C)(C)C)nc2c1. The lowest BCUT2D eigenvalue weighted by Crippen LogP contribution is -2.53. The maximum atomic E-state index is 12.9. The smallest absolute Gasteiger partial charge is 0.410 e. The van der Waals surface area contributed by atoms with Crippen LogP contribution in [0.1, 0.15) is 52.1 Å². The second kappa shape index (κ2) is 9.15. The topological polar surface area (TPSA) is 108 Å². The van der Waals surface area contributed by atoms with Crippen LogP contribution in [0.15, 0.2) is 24.3 Å². The van der Waals surface area contributed by atoms with Crippen LogP contribution in [0.25, 0.3) is 10.9 Å². The predicted octanol–water partition coefficient (Wildman–Crippen LogP) is 4.78. The van der Waals surface area contributed by atoms with E-state index in [4.69, 9.17) is 19.4 Å². The number of piperidine rings is 1. The molecule has 5 rings (SSSR count). The first-order valence-corrected chi connectivity index (χ1v) is 12.5. The number of hydrogen-bond acceptors (Lipinski definition) is 8. The molecular formula is C26H35N7O3. The van der Waals surface area contributed by atoms with Gasteiger partial charge in [0.2, 0.25) is 5.95 Å². The van der Waals surface area contributed by atoms with Crippen LogP contribution in [0.4, 0.5) is 22.4 Å². The lowest BCUT2D eigenvalue weighted by atomic mass is 9.97. The Hall–Kier alpha value is -3.56. The van der Waals surface area contributed by atoms with Crippen molar-refractivity contribution < 1.29 is 14.3 Å². The van der Waals surface area contributed by atoms with Gasteiger partial charge >= 0.3 is 6.09 Å². The molecule has 2 aromatic heterocycles. The van der Waals surface area contributed by atoms with Gasteiger partial charge in [-0.2, -0.15) is 10.1 Å². The average Bonchev–Trinajstić information content (AvgIpc) is 3.35. The Labute approximate surface area is 211 Å². The van der Waals surface area contributed by atoms with Crippen LogP contribution in [0.5, 0.6) is 5.75 Å². The number of benzene rings is 1. The fourth-order valence-corrected chi connectivity index (χ4v) is 5.32. The summed E-state index contributed by atoms with van der Waals surface area (Å²) in [7, 11) is 3.69. The molecule has 2 fully saturated rings. The quantitative estimate of drug-likeness (QED) is 0.523. The minimum Gasteiger partial charge on any atom is -0.497 e. The molecule has 2 aliphatic rings. The minimum atomic E-state index is -0.500. The van der Waals surface area contributed by atoms with Gasteiger partial charge < -0.3 is 24.6 Å². The summed E-state index contributed by atoms with van der Waals surface area (Å²) in [5.74, 6) is 2.74. The van der Waals surface area contributed by atoms with Gasteiger partial charge in [0.1, 0.15) is 17.2 Å². The van der Waals surface area contributed by atoms with E-state index >= 15 is 0 Å². The monoisotopic (exact) mass is 493 g/mol. The maximum Gasteiger partial charge on any atom is 0.410 e. The van der Waals surface area contributed by atoms with E-state index in [1.165, 1.54) is 0 Å². The summed E-state index contributed by atoms with van der Waals surface area (Å²) < 4.78 is 11.1. The highest BCUT2D eigenvalue weighted by molar-refractivity contribution is 5.92. The Bertz CT molecular complexity index is 1250. The molecule has 192 valence electrons. The maximum absolute atomic E-state index is 12.9. The first-order valence-electron chi connectivity index (χ1n) is 12.5. The van der Waals surface area contributed by atoms with Gasteiger partial charge in [-0.1, -0.05) is 0 Å². The van der Waals surface area contributed by atoms with Crippen LogP contribution in [0.3, 0.4) is 0 Å². The van der Waals surface area contributed by atoms with Gasteiger partial charge in [0.25, 0.3) is 0 Å². The zero-order chi connectivity index (χ0) is 25.6. The number of ether oxygens (including phenoxy) is 2. The summed E-state index contributed by atoms with van der Waals surface area (Å²) in [5, 5.41) is 11.5. The molecule has 1 aromatic carbocycles. The third-order valence-corrected chi connectivity index (χ3v) is 7.02. The molecule has 1 unspecified atom stereocenters. The molecule has 2 saturated heterocycles. The molecule has 10 nitrogen and oxygen atoms in total. The van der Waals surface area contributed by atoms with Crippen molar-refractivity contribution in [2.75, 3.05) is 24.4 Å². The predicted molar refractivity (Wildman–Crippen MR) is 139 cm³/mol. The van der Waals surface area contributed by atoms with E-state index in [1.807, 2.05) is 63.9 Å². The van der Waals surface area contributed by atoms with E-state index in [9.17, 15) is 4.79 Å². The van der Waals surface area contributed by atoms with E-state index in [2.05, 4.69) is 20.4 Å². The Morgan fingerprint density at radius 3 is 2.50 bits per heavy atom. The van der Waals surface area contributed by atoms with Crippen LogP contribution in [-0.2, 0) is 4.74 Å². The van der Waals surface area contributed by atoms with Gasteiger partial charge in [-0.3, -0.25) is 5.10 Å². The molecule has 4 heterocycles. The average molecular weight is 494 g/mol. The van der Waals surface area contributed by atoms with Crippen molar-refractivity contribution in [1.82, 2.24) is 25.1 Å². The Balaban J connectivity index is 1.42. The number of methoxy groups -OCH3 is 1. The van der Waals surface area contributed by atoms with Gasteiger partial charge in [-0.15, -0.1) is 0 Å². The van der Waals surface area contributed by atoms with Crippen LogP contribution >= 0.6 is 0 Å². The second-order valence-corrected chi connectivity index (χ2v) is 10.8. The van der Waals surface area contributed by atoms with Crippen molar-refractivity contribution in [3.05, 3.63) is 30.0 Å². The molecule has 2 N–H and O–H groups in total. The van der Waals surface area contributed by atoms with Crippen molar-refractivity contribution in [2.45, 2.75) is 77.1 Å². The standard InChI is InChI=1S/C26H35N7O3/c1-15-11-22(31-30-15)28-23-20-10-9-19(35-6)14-21(20)27-24(29-23)32(5)18-12-16-7-8-17(13-18)33(16)25(34)36-26(2,3)4/h9-11,14,16-18H,7-8,12-13H2,1-6H3,(H2,27,28,29,30,31)/t16-,17+,18?. The third-order valence-electron chi connectivity index (χ3n) is 7.02. The number of nitrogens with one attached hydrogen (secondary N) is 2. The molecular weight excluding hydrogens is 458 g/mol. The summed E-state index contributed by atoms with van der Waals surface area (Å²) in [6.07, 6.45) is 3.50. The van der Waals surface area contributed by atoms with E-state index in [1.54, 1.807) is 7.11 Å². The number of fused-ring (bicyclic) bond motifs is 3. The highest BCUT2D eigenvalue weighted by Crippen LogP contribution is 2.39. The molecule has 0 saturated carbocycles.